The molecular weight excluding hydrogens is 530 g/mol. The summed E-state index contributed by atoms with van der Waals surface area (Å²) in [6, 6.07) is 17.8. The monoisotopic (exact) mass is 577 g/mol. The highest BCUT2D eigenvalue weighted by molar-refractivity contribution is 6.11. The number of amides is 1. The highest BCUT2D eigenvalue weighted by Crippen LogP contribution is 2.22. The molecule has 2 aromatic rings. The lowest BCUT2D eigenvalue weighted by atomic mass is 10.0. The Kier molecular flexibility index (Phi) is 18.0. The lowest BCUT2D eigenvalue weighted by Crippen LogP contribution is -2.43. The van der Waals surface area contributed by atoms with Crippen molar-refractivity contribution in [1.29, 1.82) is 0 Å². The van der Waals surface area contributed by atoms with Crippen molar-refractivity contribution in [2.75, 3.05) is 46.3 Å². The summed E-state index contributed by atoms with van der Waals surface area (Å²) >= 11 is 0. The van der Waals surface area contributed by atoms with Crippen molar-refractivity contribution in [1.82, 2.24) is 20.2 Å². The first-order chi connectivity index (χ1) is 20.3. The van der Waals surface area contributed by atoms with Crippen molar-refractivity contribution >= 4 is 25.2 Å². The number of aryl methyl sites for hydroxylation is 1. The topological polar surface area (TPSA) is 106 Å². The van der Waals surface area contributed by atoms with Crippen LogP contribution >= 0.6 is 0 Å². The van der Waals surface area contributed by atoms with Gasteiger partial charge in [0.2, 0.25) is 0 Å². The minimum Gasteiger partial charge on any atom is -0.355 e. The van der Waals surface area contributed by atoms with Gasteiger partial charge in [0, 0.05) is 38.9 Å². The Labute approximate surface area is 251 Å². The summed E-state index contributed by atoms with van der Waals surface area (Å²) in [4.78, 5) is 39.0. The molecule has 0 radical (unpaired) electrons. The van der Waals surface area contributed by atoms with Gasteiger partial charge in [0.05, 0.1) is 5.57 Å². The number of benzene rings is 2. The van der Waals surface area contributed by atoms with Crippen molar-refractivity contribution in [3.05, 3.63) is 83.7 Å². The molecule has 0 atom stereocenters. The minimum absolute atomic E-state index is 0.299. The number of hydrogen-bond acceptors (Lipinski definition) is 8. The molecule has 0 spiro atoms. The van der Waals surface area contributed by atoms with E-state index >= 15 is 0 Å². The number of nitrogens with one attached hydrogen (secondary N) is 1. The predicted molar refractivity (Wildman–Crippen MR) is 170 cm³/mol. The summed E-state index contributed by atoms with van der Waals surface area (Å²) in [5.74, 6) is 0.0561. The van der Waals surface area contributed by atoms with Crippen LogP contribution in [0.4, 0.5) is 0 Å². The first kappa shape index (κ1) is 36.1. The van der Waals surface area contributed by atoms with Crippen molar-refractivity contribution in [3.63, 3.8) is 0 Å². The molecule has 2 aromatic carbocycles. The largest absolute Gasteiger partial charge is 0.355 e. The zero-order chi connectivity index (χ0) is 31.3. The van der Waals surface area contributed by atoms with E-state index in [-0.39, 0.29) is 0 Å². The summed E-state index contributed by atoms with van der Waals surface area (Å²) in [7, 11) is 2.08. The molecule has 2 fully saturated rings. The molecule has 2 N–H and O–H groups in total. The number of aliphatic imine (C=N–C) groups is 1. The summed E-state index contributed by atoms with van der Waals surface area (Å²) < 4.78 is 0. The van der Waals surface area contributed by atoms with Gasteiger partial charge in [0.15, 0.2) is 0 Å². The van der Waals surface area contributed by atoms with Crippen molar-refractivity contribution < 1.29 is 19.6 Å². The SMILES string of the molecule is C=C(/N=C\C(=C/C)C(=O)NO)N1CCN(C)CC1.C=O.CC=O.Cc1ccc(-c2cccc(CN3CCCC3)c2)cc1. The number of allylic oxidation sites excluding steroid dienone is 1. The quantitative estimate of drug-likeness (QED) is 0.164. The van der Waals surface area contributed by atoms with E-state index in [1.807, 2.05) is 6.79 Å². The maximum Gasteiger partial charge on any atom is 0.275 e. The third-order valence-electron chi connectivity index (χ3n) is 6.81. The van der Waals surface area contributed by atoms with Crippen LogP contribution in [0, 0.1) is 6.92 Å². The maximum absolute atomic E-state index is 11.2. The Morgan fingerprint density at radius 3 is 2.12 bits per heavy atom. The summed E-state index contributed by atoms with van der Waals surface area (Å²) in [6.45, 7) is 18.5. The molecule has 2 saturated heterocycles. The molecule has 2 aliphatic rings. The Balaban J connectivity index is 0.000000365. The normalized spacial score (nSPS) is 15.4. The maximum atomic E-state index is 11.2. The number of aldehydes is 1. The van der Waals surface area contributed by atoms with E-state index in [4.69, 9.17) is 14.8 Å². The van der Waals surface area contributed by atoms with Gasteiger partial charge < -0.3 is 19.4 Å². The standard InChI is InChI=1S/C18H21N.C12H20N4O2.C2H4O.CH2O/c1-15-7-9-17(10-8-15)18-6-4-5-16(13-18)14-19-11-2-3-12-19;1-4-11(12(17)14-18)9-13-10(2)16-7-5-15(3)6-8-16;1-2-3;1-2/h4-10,13H,2-3,11-12,14H2,1H3;4,9,18H,2,5-8H2,1,3H3,(H,14,17);2H,1H3;1H2/b;11-4+,13-9-;;. The van der Waals surface area contributed by atoms with Crippen molar-refractivity contribution in [2.24, 2.45) is 4.99 Å². The van der Waals surface area contributed by atoms with Crippen LogP contribution in [0.1, 0.15) is 37.8 Å². The van der Waals surface area contributed by atoms with Gasteiger partial charge >= 0.3 is 0 Å². The van der Waals surface area contributed by atoms with Gasteiger partial charge in [-0.2, -0.15) is 0 Å². The third kappa shape index (κ3) is 13.2. The molecule has 0 aliphatic carbocycles. The molecule has 4 rings (SSSR count). The van der Waals surface area contributed by atoms with Crippen LogP contribution < -0.4 is 5.48 Å². The molecule has 2 aliphatic heterocycles. The molecule has 0 bridgehead atoms. The molecule has 1 amide bonds. The summed E-state index contributed by atoms with van der Waals surface area (Å²) in [5.41, 5.74) is 7.27. The van der Waals surface area contributed by atoms with Gasteiger partial charge in [-0.15, -0.1) is 0 Å². The number of carbonyl (C=O) groups is 3. The average molecular weight is 578 g/mol. The number of carbonyl (C=O) groups excluding carboxylic acids is 3. The fourth-order valence-electron chi connectivity index (χ4n) is 4.41. The molecule has 228 valence electrons. The van der Waals surface area contributed by atoms with E-state index < -0.39 is 5.91 Å². The lowest BCUT2D eigenvalue weighted by molar-refractivity contribution is -0.124. The molecule has 42 heavy (non-hydrogen) atoms. The lowest BCUT2D eigenvalue weighted by Gasteiger charge is -2.33. The first-order valence-corrected chi connectivity index (χ1v) is 14.2. The number of hydroxylamine groups is 1. The Bertz CT molecular complexity index is 1150. The van der Waals surface area contributed by atoms with Crippen molar-refractivity contribution in [3.8, 4) is 11.1 Å². The summed E-state index contributed by atoms with van der Waals surface area (Å²) in [6.07, 6.45) is 6.45. The van der Waals surface area contributed by atoms with E-state index in [1.165, 1.54) is 61.3 Å². The van der Waals surface area contributed by atoms with Crippen LogP contribution in [0.3, 0.4) is 0 Å². The van der Waals surface area contributed by atoms with E-state index in [2.05, 4.69) is 88.8 Å². The molecule has 0 saturated carbocycles. The second-order valence-electron chi connectivity index (χ2n) is 9.94. The van der Waals surface area contributed by atoms with Gasteiger partial charge in [-0.05, 0) is 76.5 Å². The van der Waals surface area contributed by atoms with E-state index in [0.717, 1.165) is 39.0 Å². The molecule has 9 heteroatoms. The zero-order valence-electron chi connectivity index (χ0n) is 25.6. The Morgan fingerprint density at radius 2 is 1.57 bits per heavy atom. The molecule has 2 heterocycles. The smallest absolute Gasteiger partial charge is 0.275 e. The van der Waals surface area contributed by atoms with E-state index in [9.17, 15) is 4.79 Å². The van der Waals surface area contributed by atoms with Gasteiger partial charge in [-0.1, -0.05) is 60.7 Å². The van der Waals surface area contributed by atoms with Gasteiger partial charge in [0.25, 0.3) is 5.91 Å². The number of likely N-dealkylation sites (tertiary alicyclic amines) is 1. The number of nitrogens with zero attached hydrogens (tertiary/aromatic N) is 4. The first-order valence-electron chi connectivity index (χ1n) is 14.2. The third-order valence-corrected chi connectivity index (χ3v) is 6.81. The molecular formula is C33H47N5O4. The molecule has 0 aromatic heterocycles. The van der Waals surface area contributed by atoms with E-state index in [1.54, 1.807) is 18.5 Å². The van der Waals surface area contributed by atoms with Crippen LogP contribution in [-0.4, -0.2) is 91.4 Å². The van der Waals surface area contributed by atoms with Gasteiger partial charge in [-0.25, -0.2) is 10.5 Å². The highest BCUT2D eigenvalue weighted by Gasteiger charge is 2.15. The number of piperazine rings is 1. The highest BCUT2D eigenvalue weighted by atomic mass is 16.5. The number of rotatable bonds is 7. The Hall–Kier alpha value is -3.92. The number of likely N-dealkylation sites (N-methyl/N-ethyl adjacent to an activating group) is 1. The van der Waals surface area contributed by atoms with Crippen LogP contribution in [-0.2, 0) is 20.9 Å². The van der Waals surface area contributed by atoms with Crippen LogP contribution in [0.15, 0.2) is 77.6 Å². The average Bonchev–Trinajstić information content (AvgIpc) is 3.53. The van der Waals surface area contributed by atoms with Crippen LogP contribution in [0.25, 0.3) is 11.1 Å². The van der Waals surface area contributed by atoms with E-state index in [0.29, 0.717) is 11.4 Å². The molecule has 9 nitrogen and oxygen atoms in total. The zero-order valence-corrected chi connectivity index (χ0v) is 25.6. The fraction of sp³-hybridized carbons (Fsp3) is 0.394. The second kappa shape index (κ2) is 20.9. The van der Waals surface area contributed by atoms with Gasteiger partial charge in [-0.3, -0.25) is 14.9 Å². The van der Waals surface area contributed by atoms with Gasteiger partial charge in [0.1, 0.15) is 18.9 Å². The van der Waals surface area contributed by atoms with Crippen molar-refractivity contribution in [2.45, 2.75) is 40.2 Å². The minimum atomic E-state index is -0.576. The van der Waals surface area contributed by atoms with Crippen LogP contribution in [0.5, 0.6) is 0 Å². The Morgan fingerprint density at radius 1 is 0.976 bits per heavy atom. The second-order valence-corrected chi connectivity index (χ2v) is 9.94. The number of hydrogen-bond donors (Lipinski definition) is 2. The summed E-state index contributed by atoms with van der Waals surface area (Å²) in [5, 5.41) is 8.54. The fourth-order valence-corrected chi connectivity index (χ4v) is 4.41. The van der Waals surface area contributed by atoms with Crippen LogP contribution in [0.2, 0.25) is 0 Å². The predicted octanol–water partition coefficient (Wildman–Crippen LogP) is 4.51. The molecule has 0 unspecified atom stereocenters.